The van der Waals surface area contributed by atoms with Gasteiger partial charge in [0.15, 0.2) is 0 Å². The third-order valence-corrected chi connectivity index (χ3v) is 5.18. The lowest BCUT2D eigenvalue weighted by molar-refractivity contribution is -0.384. The third-order valence-electron chi connectivity index (χ3n) is 5.18. The van der Waals surface area contributed by atoms with E-state index >= 15 is 0 Å². The van der Waals surface area contributed by atoms with Gasteiger partial charge in [0.2, 0.25) is 0 Å². The molecule has 3 rings (SSSR count). The maximum absolute atomic E-state index is 13.1. The summed E-state index contributed by atoms with van der Waals surface area (Å²) in [6.45, 7) is 2.20. The number of hydrogen-bond donors (Lipinski definition) is 2. The van der Waals surface area contributed by atoms with Crippen LogP contribution in [-0.4, -0.2) is 56.8 Å². The quantitative estimate of drug-likeness (QED) is 0.406. The normalized spacial score (nSPS) is 10.8. The number of amides is 1. The van der Waals surface area contributed by atoms with Crippen molar-refractivity contribution in [3.8, 4) is 11.3 Å². The Bertz CT molecular complexity index is 1040. The van der Waals surface area contributed by atoms with E-state index in [2.05, 4.69) is 0 Å². The van der Waals surface area contributed by atoms with Gasteiger partial charge in [0, 0.05) is 43.2 Å². The maximum atomic E-state index is 13.1. The van der Waals surface area contributed by atoms with Gasteiger partial charge in [-0.3, -0.25) is 14.9 Å². The second-order valence-electron chi connectivity index (χ2n) is 7.14. The molecular weight excluding hydrogens is 398 g/mol. The number of nitrogens with zero attached hydrogens (tertiary/aromatic N) is 3. The van der Waals surface area contributed by atoms with Crippen LogP contribution in [0.1, 0.15) is 21.6 Å². The Morgan fingerprint density at radius 2 is 1.65 bits per heavy atom. The minimum atomic E-state index is -0.450. The van der Waals surface area contributed by atoms with E-state index in [0.29, 0.717) is 12.1 Å². The largest absolute Gasteiger partial charge is 0.395 e. The van der Waals surface area contributed by atoms with Crippen molar-refractivity contribution in [2.24, 2.45) is 0 Å². The number of nitro benzene ring substituents is 1. The van der Waals surface area contributed by atoms with Crippen molar-refractivity contribution in [3.05, 3.63) is 87.6 Å². The van der Waals surface area contributed by atoms with Crippen molar-refractivity contribution in [1.82, 2.24) is 9.47 Å². The average molecular weight is 423 g/mol. The summed E-state index contributed by atoms with van der Waals surface area (Å²) in [4.78, 5) is 25.1. The van der Waals surface area contributed by atoms with Crippen LogP contribution in [-0.2, 0) is 6.54 Å². The molecule has 0 aliphatic heterocycles. The second kappa shape index (κ2) is 10.0. The molecule has 0 fully saturated rings. The number of aromatic nitrogens is 1. The standard InChI is InChI=1S/C23H25N3O5/c1-17-21(23(29)24(11-13-27)12-14-28)15-22(19-7-9-20(10-8-19)26(30)31)25(17)16-18-5-3-2-4-6-18/h2-10,15,27-28H,11-14,16H2,1H3. The van der Waals surface area contributed by atoms with Gasteiger partial charge in [-0.05, 0) is 36.2 Å². The molecule has 0 saturated heterocycles. The van der Waals surface area contributed by atoms with Crippen molar-refractivity contribution in [2.75, 3.05) is 26.3 Å². The number of rotatable bonds is 9. The number of aliphatic hydroxyl groups is 2. The van der Waals surface area contributed by atoms with Crippen LogP contribution in [0.5, 0.6) is 0 Å². The zero-order valence-electron chi connectivity index (χ0n) is 17.3. The Balaban J connectivity index is 2.08. The molecule has 1 amide bonds. The van der Waals surface area contributed by atoms with Gasteiger partial charge in [-0.1, -0.05) is 30.3 Å². The minimum absolute atomic E-state index is 0.00463. The SMILES string of the molecule is Cc1c(C(=O)N(CCO)CCO)cc(-c2ccc([N+](=O)[O-])cc2)n1Cc1ccccc1. The number of aliphatic hydroxyl groups excluding tert-OH is 2. The number of benzene rings is 2. The van der Waals surface area contributed by atoms with Gasteiger partial charge in [0.25, 0.3) is 11.6 Å². The molecule has 8 heteroatoms. The molecule has 2 N–H and O–H groups in total. The van der Waals surface area contributed by atoms with Crippen LogP contribution in [0.4, 0.5) is 5.69 Å². The number of nitro groups is 1. The van der Waals surface area contributed by atoms with Crippen molar-refractivity contribution in [3.63, 3.8) is 0 Å². The lowest BCUT2D eigenvalue weighted by Crippen LogP contribution is -2.36. The first-order chi connectivity index (χ1) is 15.0. The summed E-state index contributed by atoms with van der Waals surface area (Å²) in [5.41, 5.74) is 3.75. The zero-order valence-corrected chi connectivity index (χ0v) is 17.3. The molecule has 8 nitrogen and oxygen atoms in total. The predicted molar refractivity (Wildman–Crippen MR) is 117 cm³/mol. The van der Waals surface area contributed by atoms with Gasteiger partial charge in [0.1, 0.15) is 0 Å². The number of non-ortho nitro benzene ring substituents is 1. The van der Waals surface area contributed by atoms with Crippen molar-refractivity contribution >= 4 is 11.6 Å². The Labute approximate surface area is 180 Å². The molecule has 0 radical (unpaired) electrons. The first kappa shape index (κ1) is 22.2. The van der Waals surface area contributed by atoms with Crippen molar-refractivity contribution in [2.45, 2.75) is 13.5 Å². The fraction of sp³-hybridized carbons (Fsp3) is 0.261. The molecule has 0 atom stereocenters. The van der Waals surface area contributed by atoms with E-state index in [-0.39, 0.29) is 37.9 Å². The zero-order chi connectivity index (χ0) is 22.4. The Morgan fingerprint density at radius 3 is 2.19 bits per heavy atom. The van der Waals surface area contributed by atoms with E-state index < -0.39 is 4.92 Å². The maximum Gasteiger partial charge on any atom is 0.269 e. The number of hydrogen-bond acceptors (Lipinski definition) is 5. The summed E-state index contributed by atoms with van der Waals surface area (Å²) in [6, 6.07) is 17.8. The summed E-state index contributed by atoms with van der Waals surface area (Å²) in [5, 5.41) is 29.6. The van der Waals surface area contributed by atoms with Crippen molar-refractivity contribution < 1.29 is 19.9 Å². The molecule has 0 saturated carbocycles. The van der Waals surface area contributed by atoms with E-state index in [4.69, 9.17) is 0 Å². The van der Waals surface area contributed by atoms with Gasteiger partial charge in [-0.15, -0.1) is 0 Å². The van der Waals surface area contributed by atoms with Crippen LogP contribution < -0.4 is 0 Å². The molecule has 0 bridgehead atoms. The molecule has 0 aliphatic rings. The summed E-state index contributed by atoms with van der Waals surface area (Å²) < 4.78 is 2.00. The number of carbonyl (C=O) groups excluding carboxylic acids is 1. The van der Waals surface area contributed by atoms with Crippen LogP contribution in [0.2, 0.25) is 0 Å². The first-order valence-electron chi connectivity index (χ1n) is 9.96. The lowest BCUT2D eigenvalue weighted by Gasteiger charge is -2.20. The summed E-state index contributed by atoms with van der Waals surface area (Å²) in [6.07, 6.45) is 0. The van der Waals surface area contributed by atoms with Gasteiger partial charge in [0.05, 0.1) is 23.7 Å². The molecule has 1 aromatic heterocycles. The predicted octanol–water partition coefficient (Wildman–Crippen LogP) is 2.85. The summed E-state index contributed by atoms with van der Waals surface area (Å²) in [5.74, 6) is -0.282. The fourth-order valence-electron chi connectivity index (χ4n) is 3.55. The van der Waals surface area contributed by atoms with E-state index in [9.17, 15) is 25.1 Å². The van der Waals surface area contributed by atoms with Crippen LogP contribution in [0.15, 0.2) is 60.7 Å². The highest BCUT2D eigenvalue weighted by Gasteiger charge is 2.23. The minimum Gasteiger partial charge on any atom is -0.395 e. The Morgan fingerprint density at radius 1 is 1.03 bits per heavy atom. The monoisotopic (exact) mass is 423 g/mol. The molecule has 2 aromatic carbocycles. The molecule has 1 heterocycles. The van der Waals surface area contributed by atoms with E-state index in [1.165, 1.54) is 17.0 Å². The van der Waals surface area contributed by atoms with Crippen molar-refractivity contribution in [1.29, 1.82) is 0 Å². The number of carbonyl (C=O) groups is 1. The molecule has 0 aliphatic carbocycles. The molecule has 3 aromatic rings. The highest BCUT2D eigenvalue weighted by Crippen LogP contribution is 2.29. The van der Waals surface area contributed by atoms with Gasteiger partial charge < -0.3 is 19.7 Å². The molecule has 0 spiro atoms. The van der Waals surface area contributed by atoms with Gasteiger partial charge >= 0.3 is 0 Å². The highest BCUT2D eigenvalue weighted by atomic mass is 16.6. The fourth-order valence-corrected chi connectivity index (χ4v) is 3.55. The smallest absolute Gasteiger partial charge is 0.269 e. The van der Waals surface area contributed by atoms with Gasteiger partial charge in [-0.25, -0.2) is 0 Å². The molecule has 0 unspecified atom stereocenters. The Hall–Kier alpha value is -3.49. The van der Waals surface area contributed by atoms with E-state index in [1.807, 2.05) is 41.8 Å². The van der Waals surface area contributed by atoms with Crippen LogP contribution in [0.3, 0.4) is 0 Å². The first-order valence-corrected chi connectivity index (χ1v) is 9.96. The van der Waals surface area contributed by atoms with E-state index in [1.54, 1.807) is 18.2 Å². The third kappa shape index (κ3) is 4.99. The summed E-state index contributed by atoms with van der Waals surface area (Å²) >= 11 is 0. The van der Waals surface area contributed by atoms with Crippen LogP contribution in [0, 0.1) is 17.0 Å². The van der Waals surface area contributed by atoms with Gasteiger partial charge in [-0.2, -0.15) is 0 Å². The van der Waals surface area contributed by atoms with Crippen LogP contribution in [0.25, 0.3) is 11.3 Å². The lowest BCUT2D eigenvalue weighted by atomic mass is 10.1. The topological polar surface area (TPSA) is 109 Å². The molecule has 31 heavy (non-hydrogen) atoms. The Kier molecular flexibility index (Phi) is 7.17. The average Bonchev–Trinajstić information content (AvgIpc) is 3.10. The van der Waals surface area contributed by atoms with E-state index in [0.717, 1.165) is 22.5 Å². The second-order valence-corrected chi connectivity index (χ2v) is 7.14. The highest BCUT2D eigenvalue weighted by molar-refractivity contribution is 5.97. The van der Waals surface area contributed by atoms with Crippen LogP contribution >= 0.6 is 0 Å². The molecule has 162 valence electrons. The summed E-state index contributed by atoms with van der Waals surface area (Å²) in [7, 11) is 0. The molecular formula is C23H25N3O5.